The second kappa shape index (κ2) is 4.55. The van der Waals surface area contributed by atoms with Gasteiger partial charge in [0, 0.05) is 15.1 Å². The monoisotopic (exact) mass is 314 g/mol. The van der Waals surface area contributed by atoms with Crippen molar-refractivity contribution in [2.24, 2.45) is 0 Å². The van der Waals surface area contributed by atoms with Gasteiger partial charge in [-0.2, -0.15) is 0 Å². The fraction of sp³-hybridized carbons (Fsp3) is 0.0833. The molecule has 0 aliphatic rings. The highest BCUT2D eigenvalue weighted by molar-refractivity contribution is 9.10. The third-order valence-electron chi connectivity index (χ3n) is 2.33. The number of halogens is 2. The Labute approximate surface area is 111 Å². The van der Waals surface area contributed by atoms with Crippen molar-refractivity contribution in [3.63, 3.8) is 0 Å². The molecule has 2 rings (SSSR count). The van der Waals surface area contributed by atoms with Crippen LogP contribution in [0.5, 0.6) is 0 Å². The standard InChI is InChI=1S/C12H8BrClO3/c1-6-4-8(13)7(5-9(6)14)10-2-3-11(17-10)12(15)16/h2-5H,1H3,(H,15,16). The minimum absolute atomic E-state index is 0.0939. The Hall–Kier alpha value is -1.26. The average molecular weight is 316 g/mol. The third-order valence-corrected chi connectivity index (χ3v) is 3.39. The largest absolute Gasteiger partial charge is 0.475 e. The Morgan fingerprint density at radius 3 is 2.71 bits per heavy atom. The number of aromatic carboxylic acids is 1. The minimum Gasteiger partial charge on any atom is -0.475 e. The maximum atomic E-state index is 10.7. The fourth-order valence-corrected chi connectivity index (χ4v) is 2.25. The summed E-state index contributed by atoms with van der Waals surface area (Å²) < 4.78 is 6.03. The highest BCUT2D eigenvalue weighted by Gasteiger charge is 2.13. The van der Waals surface area contributed by atoms with Gasteiger partial charge < -0.3 is 9.52 Å². The maximum Gasteiger partial charge on any atom is 0.371 e. The van der Waals surface area contributed by atoms with Crippen molar-refractivity contribution < 1.29 is 14.3 Å². The molecule has 88 valence electrons. The zero-order chi connectivity index (χ0) is 12.6. The van der Waals surface area contributed by atoms with Gasteiger partial charge in [-0.1, -0.05) is 27.5 Å². The summed E-state index contributed by atoms with van der Waals surface area (Å²) in [5.41, 5.74) is 1.67. The van der Waals surface area contributed by atoms with Gasteiger partial charge >= 0.3 is 5.97 Å². The Kier molecular flexibility index (Phi) is 3.26. The molecular weight excluding hydrogens is 307 g/mol. The van der Waals surface area contributed by atoms with E-state index in [1.165, 1.54) is 6.07 Å². The Morgan fingerprint density at radius 1 is 1.41 bits per heavy atom. The van der Waals surface area contributed by atoms with Crippen molar-refractivity contribution in [2.45, 2.75) is 6.92 Å². The van der Waals surface area contributed by atoms with Crippen molar-refractivity contribution in [1.82, 2.24) is 0 Å². The van der Waals surface area contributed by atoms with Gasteiger partial charge in [-0.05, 0) is 36.8 Å². The first-order valence-corrected chi connectivity index (χ1v) is 5.95. The highest BCUT2D eigenvalue weighted by atomic mass is 79.9. The Balaban J connectivity index is 2.52. The van der Waals surface area contributed by atoms with Crippen LogP contribution in [-0.4, -0.2) is 11.1 Å². The van der Waals surface area contributed by atoms with Crippen molar-refractivity contribution in [3.8, 4) is 11.3 Å². The molecule has 5 heteroatoms. The second-order valence-electron chi connectivity index (χ2n) is 3.55. The van der Waals surface area contributed by atoms with Gasteiger partial charge in [0.1, 0.15) is 5.76 Å². The molecule has 0 aliphatic heterocycles. The van der Waals surface area contributed by atoms with E-state index >= 15 is 0 Å². The van der Waals surface area contributed by atoms with Gasteiger partial charge in [0.2, 0.25) is 5.76 Å². The van der Waals surface area contributed by atoms with E-state index in [9.17, 15) is 4.79 Å². The SMILES string of the molecule is Cc1cc(Br)c(-c2ccc(C(=O)O)o2)cc1Cl. The van der Waals surface area contributed by atoms with Gasteiger partial charge in [-0.3, -0.25) is 0 Å². The van der Waals surface area contributed by atoms with Crippen molar-refractivity contribution in [3.05, 3.63) is 45.1 Å². The lowest BCUT2D eigenvalue weighted by Gasteiger charge is -2.04. The summed E-state index contributed by atoms with van der Waals surface area (Å²) >= 11 is 9.42. The summed E-state index contributed by atoms with van der Waals surface area (Å²) in [6.07, 6.45) is 0. The van der Waals surface area contributed by atoms with Crippen LogP contribution in [0.2, 0.25) is 5.02 Å². The smallest absolute Gasteiger partial charge is 0.371 e. The van der Waals surface area contributed by atoms with E-state index in [0.29, 0.717) is 10.8 Å². The van der Waals surface area contributed by atoms with Gasteiger partial charge in [-0.25, -0.2) is 4.79 Å². The van der Waals surface area contributed by atoms with Crippen LogP contribution in [0, 0.1) is 6.92 Å². The van der Waals surface area contributed by atoms with Crippen LogP contribution in [0.25, 0.3) is 11.3 Å². The average Bonchev–Trinajstić information content (AvgIpc) is 2.72. The predicted molar refractivity (Wildman–Crippen MR) is 68.6 cm³/mol. The highest BCUT2D eigenvalue weighted by Crippen LogP contribution is 2.33. The van der Waals surface area contributed by atoms with Crippen LogP contribution in [0.3, 0.4) is 0 Å². The molecule has 0 aliphatic carbocycles. The summed E-state index contributed by atoms with van der Waals surface area (Å²) in [5, 5.41) is 9.39. The lowest BCUT2D eigenvalue weighted by atomic mass is 10.1. The first-order chi connectivity index (χ1) is 7.99. The molecule has 0 amide bonds. The molecule has 17 heavy (non-hydrogen) atoms. The van der Waals surface area contributed by atoms with Crippen molar-refractivity contribution in [1.29, 1.82) is 0 Å². The number of furan rings is 1. The number of carboxylic acids is 1. The van der Waals surface area contributed by atoms with E-state index in [-0.39, 0.29) is 5.76 Å². The normalized spacial score (nSPS) is 10.5. The number of aryl methyl sites for hydroxylation is 1. The van der Waals surface area contributed by atoms with E-state index in [1.54, 1.807) is 12.1 Å². The Morgan fingerprint density at radius 2 is 2.12 bits per heavy atom. The zero-order valence-corrected chi connectivity index (χ0v) is 11.2. The first kappa shape index (κ1) is 12.2. The Bertz CT molecular complexity index is 589. The molecule has 1 aromatic carbocycles. The minimum atomic E-state index is -1.09. The van der Waals surface area contributed by atoms with Crippen LogP contribution in [-0.2, 0) is 0 Å². The topological polar surface area (TPSA) is 50.4 Å². The van der Waals surface area contributed by atoms with E-state index in [4.69, 9.17) is 21.1 Å². The van der Waals surface area contributed by atoms with Gasteiger partial charge in [0.25, 0.3) is 0 Å². The molecule has 0 radical (unpaired) electrons. The lowest BCUT2D eigenvalue weighted by molar-refractivity contribution is 0.0663. The third kappa shape index (κ3) is 2.37. The number of benzene rings is 1. The number of hydrogen-bond donors (Lipinski definition) is 1. The predicted octanol–water partition coefficient (Wildman–Crippen LogP) is 4.37. The van der Waals surface area contributed by atoms with Gasteiger partial charge in [0.15, 0.2) is 0 Å². The molecule has 1 heterocycles. The number of carbonyl (C=O) groups is 1. The van der Waals surface area contributed by atoms with Crippen molar-refractivity contribution >= 4 is 33.5 Å². The molecule has 2 aromatic rings. The second-order valence-corrected chi connectivity index (χ2v) is 4.81. The van der Waals surface area contributed by atoms with Crippen LogP contribution >= 0.6 is 27.5 Å². The van der Waals surface area contributed by atoms with Crippen molar-refractivity contribution in [2.75, 3.05) is 0 Å². The van der Waals surface area contributed by atoms with Crippen LogP contribution in [0.1, 0.15) is 16.1 Å². The van der Waals surface area contributed by atoms with E-state index in [0.717, 1.165) is 15.6 Å². The molecule has 1 aromatic heterocycles. The molecule has 0 saturated carbocycles. The molecule has 0 saturated heterocycles. The van der Waals surface area contributed by atoms with Gasteiger partial charge in [-0.15, -0.1) is 0 Å². The maximum absolute atomic E-state index is 10.7. The molecule has 0 bridgehead atoms. The summed E-state index contributed by atoms with van der Waals surface area (Å²) in [5.74, 6) is -0.717. The molecule has 0 fully saturated rings. The van der Waals surface area contributed by atoms with Crippen LogP contribution in [0.15, 0.2) is 33.2 Å². The molecule has 0 unspecified atom stereocenters. The summed E-state index contributed by atoms with van der Waals surface area (Å²) in [4.78, 5) is 10.7. The van der Waals surface area contributed by atoms with E-state index in [1.807, 2.05) is 13.0 Å². The van der Waals surface area contributed by atoms with E-state index in [2.05, 4.69) is 15.9 Å². The summed E-state index contributed by atoms with van der Waals surface area (Å²) in [6, 6.07) is 6.62. The molecule has 0 spiro atoms. The van der Waals surface area contributed by atoms with Crippen LogP contribution < -0.4 is 0 Å². The molecule has 1 N–H and O–H groups in total. The zero-order valence-electron chi connectivity index (χ0n) is 8.83. The number of rotatable bonds is 2. The molecular formula is C12H8BrClO3. The summed E-state index contributed by atoms with van der Waals surface area (Å²) in [7, 11) is 0. The first-order valence-electron chi connectivity index (χ1n) is 4.78. The molecule has 3 nitrogen and oxygen atoms in total. The quantitative estimate of drug-likeness (QED) is 0.895. The summed E-state index contributed by atoms with van der Waals surface area (Å²) in [6.45, 7) is 1.89. The fourth-order valence-electron chi connectivity index (χ4n) is 1.43. The number of carboxylic acid groups (broad SMARTS) is 1. The lowest BCUT2D eigenvalue weighted by Crippen LogP contribution is -1.91. The van der Waals surface area contributed by atoms with E-state index < -0.39 is 5.97 Å². The molecule has 0 atom stereocenters. The van der Waals surface area contributed by atoms with Crippen LogP contribution in [0.4, 0.5) is 0 Å². The van der Waals surface area contributed by atoms with Gasteiger partial charge in [0.05, 0.1) is 0 Å². The number of hydrogen-bond acceptors (Lipinski definition) is 2.